The van der Waals surface area contributed by atoms with Crippen LogP contribution >= 0.6 is 23.2 Å². The molecule has 1 heterocycles. The normalized spacial score (nSPS) is 11.8. The molecule has 0 bridgehead atoms. The molecule has 0 spiro atoms. The molecule has 3 rings (SSSR count). The summed E-state index contributed by atoms with van der Waals surface area (Å²) < 4.78 is 33.5. The molecule has 0 atom stereocenters. The number of nitrogens with one attached hydrogen (secondary N) is 1. The van der Waals surface area contributed by atoms with Gasteiger partial charge in [0.2, 0.25) is 10.0 Å². The first-order valence-corrected chi connectivity index (χ1v) is 11.3. The van der Waals surface area contributed by atoms with Gasteiger partial charge in [-0.15, -0.1) is 5.10 Å². The Morgan fingerprint density at radius 3 is 2.61 bits per heavy atom. The largest absolute Gasteiger partial charge is 0.438 e. The van der Waals surface area contributed by atoms with Gasteiger partial charge in [-0.1, -0.05) is 54.4 Å². The van der Waals surface area contributed by atoms with Crippen molar-refractivity contribution in [3.8, 4) is 0 Å². The summed E-state index contributed by atoms with van der Waals surface area (Å²) in [5, 5.41) is 7.68. The summed E-state index contributed by atoms with van der Waals surface area (Å²) in [4.78, 5) is 24.7. The van der Waals surface area contributed by atoms with Crippen molar-refractivity contribution in [2.75, 3.05) is 6.54 Å². The Balaban J connectivity index is 1.85. The van der Waals surface area contributed by atoms with Crippen LogP contribution in [0.1, 0.15) is 24.2 Å². The Hall–Kier alpha value is -2.53. The van der Waals surface area contributed by atoms with Crippen LogP contribution in [0.2, 0.25) is 10.0 Å². The van der Waals surface area contributed by atoms with E-state index in [2.05, 4.69) is 15.0 Å². The number of carbonyl (C=O) groups excluding carboxylic acids is 1. The quantitative estimate of drug-likeness (QED) is 0.511. The second kappa shape index (κ2) is 9.31. The van der Waals surface area contributed by atoms with Gasteiger partial charge in [-0.2, -0.15) is 4.68 Å². The maximum atomic E-state index is 12.5. The van der Waals surface area contributed by atoms with E-state index < -0.39 is 28.3 Å². The minimum atomic E-state index is -3.98. The summed E-state index contributed by atoms with van der Waals surface area (Å²) in [6.45, 7) is 3.32. The fraction of sp³-hybridized carbons (Fsp3) is 0.263. The molecule has 0 fully saturated rings. The Kier molecular flexibility index (Phi) is 6.95. The van der Waals surface area contributed by atoms with Crippen LogP contribution in [0.4, 0.5) is 0 Å². The fourth-order valence-electron chi connectivity index (χ4n) is 2.55. The van der Waals surface area contributed by atoms with Crippen LogP contribution in [0.25, 0.3) is 10.9 Å². The standard InChI is InChI=1S/C19H18Cl2N4O5S/c1-11(2)9-22-31(28,29)17-7-13(14(20)8-15(17)21)19(27)30-10-25-18(26)12-5-3-4-6-16(12)23-24-25/h3-8,11,22H,9-10H2,1-2H3. The lowest BCUT2D eigenvalue weighted by atomic mass is 10.2. The number of nitrogens with zero attached hydrogens (tertiary/aromatic N) is 3. The summed E-state index contributed by atoms with van der Waals surface area (Å²) in [6.07, 6.45) is 0. The highest BCUT2D eigenvalue weighted by Gasteiger charge is 2.23. The van der Waals surface area contributed by atoms with Crippen molar-refractivity contribution in [1.29, 1.82) is 0 Å². The number of fused-ring (bicyclic) bond motifs is 1. The highest BCUT2D eigenvalue weighted by Crippen LogP contribution is 2.29. The number of ether oxygens (including phenoxy) is 1. The van der Waals surface area contributed by atoms with Gasteiger partial charge in [0, 0.05) is 6.54 Å². The predicted molar refractivity (Wildman–Crippen MR) is 116 cm³/mol. The molecular formula is C19H18Cl2N4O5S. The van der Waals surface area contributed by atoms with Crippen LogP contribution < -0.4 is 10.3 Å². The van der Waals surface area contributed by atoms with Gasteiger partial charge in [-0.25, -0.2) is 17.9 Å². The zero-order valence-corrected chi connectivity index (χ0v) is 18.8. The molecule has 1 aromatic heterocycles. The number of hydrogen-bond donors (Lipinski definition) is 1. The summed E-state index contributed by atoms with van der Waals surface area (Å²) in [7, 11) is -3.98. The molecule has 3 aromatic rings. The molecule has 1 N–H and O–H groups in total. The molecule has 0 unspecified atom stereocenters. The van der Waals surface area contributed by atoms with Crippen molar-refractivity contribution in [2.24, 2.45) is 5.92 Å². The Labute approximate surface area is 188 Å². The van der Waals surface area contributed by atoms with Gasteiger partial charge in [-0.05, 0) is 30.2 Å². The highest BCUT2D eigenvalue weighted by molar-refractivity contribution is 7.89. The number of aromatic nitrogens is 3. The third-order valence-electron chi connectivity index (χ3n) is 4.16. The van der Waals surface area contributed by atoms with Gasteiger partial charge in [0.05, 0.1) is 21.0 Å². The van der Waals surface area contributed by atoms with Crippen molar-refractivity contribution in [3.63, 3.8) is 0 Å². The number of rotatable bonds is 7. The second-order valence-corrected chi connectivity index (χ2v) is 9.53. The SMILES string of the molecule is CC(C)CNS(=O)(=O)c1cc(C(=O)OCn2nnc3ccccc3c2=O)c(Cl)cc1Cl. The van der Waals surface area contributed by atoms with Crippen molar-refractivity contribution in [3.05, 3.63) is 62.4 Å². The monoisotopic (exact) mass is 484 g/mol. The van der Waals surface area contributed by atoms with Gasteiger partial charge >= 0.3 is 5.97 Å². The Bertz CT molecular complexity index is 1310. The van der Waals surface area contributed by atoms with E-state index in [1.165, 1.54) is 0 Å². The third-order valence-corrected chi connectivity index (χ3v) is 6.36. The van der Waals surface area contributed by atoms with Gasteiger partial charge in [-0.3, -0.25) is 4.79 Å². The predicted octanol–water partition coefficient (Wildman–Crippen LogP) is 2.85. The van der Waals surface area contributed by atoms with Crippen LogP contribution in [0.5, 0.6) is 0 Å². The summed E-state index contributed by atoms with van der Waals surface area (Å²) >= 11 is 12.1. The molecular weight excluding hydrogens is 467 g/mol. The van der Waals surface area contributed by atoms with E-state index in [4.69, 9.17) is 27.9 Å². The number of hydrogen-bond acceptors (Lipinski definition) is 7. The molecule has 164 valence electrons. The smallest absolute Gasteiger partial charge is 0.341 e. The lowest BCUT2D eigenvalue weighted by molar-refractivity contribution is 0.0336. The maximum absolute atomic E-state index is 12.5. The number of sulfonamides is 1. The first-order valence-electron chi connectivity index (χ1n) is 9.08. The van der Waals surface area contributed by atoms with E-state index in [1.54, 1.807) is 24.3 Å². The molecule has 0 saturated heterocycles. The average Bonchev–Trinajstić information content (AvgIpc) is 2.71. The summed E-state index contributed by atoms with van der Waals surface area (Å²) in [6, 6.07) is 8.76. The van der Waals surface area contributed by atoms with Crippen molar-refractivity contribution in [2.45, 2.75) is 25.5 Å². The molecule has 0 aliphatic rings. The maximum Gasteiger partial charge on any atom is 0.341 e. The number of benzene rings is 2. The van der Waals surface area contributed by atoms with Gasteiger partial charge in [0.1, 0.15) is 10.4 Å². The summed E-state index contributed by atoms with van der Waals surface area (Å²) in [5.74, 6) is -0.893. The van der Waals surface area contributed by atoms with E-state index >= 15 is 0 Å². The summed E-state index contributed by atoms with van der Waals surface area (Å²) in [5.41, 5.74) is -0.320. The van der Waals surface area contributed by atoms with E-state index in [-0.39, 0.29) is 33.0 Å². The molecule has 0 saturated carbocycles. The number of esters is 1. The van der Waals surface area contributed by atoms with Crippen LogP contribution in [0.15, 0.2) is 46.1 Å². The number of halogens is 2. The van der Waals surface area contributed by atoms with Gasteiger partial charge < -0.3 is 4.74 Å². The minimum Gasteiger partial charge on any atom is -0.438 e. The van der Waals surface area contributed by atoms with E-state index in [1.807, 2.05) is 13.8 Å². The Morgan fingerprint density at radius 2 is 1.90 bits per heavy atom. The van der Waals surface area contributed by atoms with Crippen molar-refractivity contribution < 1.29 is 17.9 Å². The molecule has 0 radical (unpaired) electrons. The Morgan fingerprint density at radius 1 is 1.19 bits per heavy atom. The van der Waals surface area contributed by atoms with Gasteiger partial charge in [0.25, 0.3) is 5.56 Å². The van der Waals surface area contributed by atoms with Crippen LogP contribution in [-0.2, 0) is 21.5 Å². The molecule has 0 amide bonds. The van der Waals surface area contributed by atoms with Crippen molar-refractivity contribution >= 4 is 50.1 Å². The molecule has 0 aliphatic carbocycles. The average molecular weight is 485 g/mol. The van der Waals surface area contributed by atoms with Crippen LogP contribution in [0, 0.1) is 5.92 Å². The molecule has 0 aliphatic heterocycles. The zero-order valence-electron chi connectivity index (χ0n) is 16.5. The first-order chi connectivity index (χ1) is 14.6. The minimum absolute atomic E-state index is 0.0617. The van der Waals surface area contributed by atoms with E-state index in [9.17, 15) is 18.0 Å². The highest BCUT2D eigenvalue weighted by atomic mass is 35.5. The number of carbonyl (C=O) groups is 1. The van der Waals surface area contributed by atoms with Crippen LogP contribution in [-0.4, -0.2) is 35.9 Å². The lowest BCUT2D eigenvalue weighted by Gasteiger charge is -2.13. The first kappa shape index (κ1) is 23.1. The molecule has 9 nitrogen and oxygen atoms in total. The zero-order chi connectivity index (χ0) is 22.8. The topological polar surface area (TPSA) is 120 Å². The molecule has 2 aromatic carbocycles. The third kappa shape index (κ3) is 5.21. The second-order valence-electron chi connectivity index (χ2n) is 6.98. The lowest BCUT2D eigenvalue weighted by Crippen LogP contribution is -2.28. The van der Waals surface area contributed by atoms with Crippen molar-refractivity contribution in [1.82, 2.24) is 19.7 Å². The van der Waals surface area contributed by atoms with Gasteiger partial charge in [0.15, 0.2) is 6.73 Å². The molecule has 31 heavy (non-hydrogen) atoms. The van der Waals surface area contributed by atoms with E-state index in [0.717, 1.165) is 16.8 Å². The fourth-order valence-corrected chi connectivity index (χ4v) is 4.61. The molecule has 12 heteroatoms. The van der Waals surface area contributed by atoms with E-state index in [0.29, 0.717) is 10.9 Å². The van der Waals surface area contributed by atoms with Crippen LogP contribution in [0.3, 0.4) is 0 Å².